The van der Waals surface area contributed by atoms with Gasteiger partial charge >= 0.3 is 0 Å². The average Bonchev–Trinajstić information content (AvgIpc) is 2.72. The zero-order chi connectivity index (χ0) is 11.6. The molecule has 0 aromatic carbocycles. The SMILES string of the molecule is CC[C@]1(n2c(CO)c[nH]c2=S)C=CC=CC1. The van der Waals surface area contributed by atoms with Gasteiger partial charge in [-0.05, 0) is 25.1 Å². The van der Waals surface area contributed by atoms with Gasteiger partial charge in [0.2, 0.25) is 0 Å². The first-order chi connectivity index (χ1) is 7.73. The minimum atomic E-state index is -0.121. The lowest BCUT2D eigenvalue weighted by atomic mass is 9.88. The maximum Gasteiger partial charge on any atom is 0.178 e. The molecule has 0 saturated heterocycles. The molecule has 16 heavy (non-hydrogen) atoms. The molecule has 1 aromatic rings. The van der Waals surface area contributed by atoms with Gasteiger partial charge in [-0.25, -0.2) is 0 Å². The molecule has 1 atom stereocenters. The Labute approximate surface area is 100 Å². The summed E-state index contributed by atoms with van der Waals surface area (Å²) in [5.41, 5.74) is 0.718. The van der Waals surface area contributed by atoms with E-state index in [4.69, 9.17) is 12.2 Å². The number of aromatic amines is 1. The summed E-state index contributed by atoms with van der Waals surface area (Å²) in [4.78, 5) is 3.00. The number of rotatable bonds is 3. The third-order valence-electron chi connectivity index (χ3n) is 3.20. The minimum Gasteiger partial charge on any atom is -0.390 e. The molecule has 1 aliphatic rings. The van der Waals surface area contributed by atoms with Gasteiger partial charge < -0.3 is 14.7 Å². The topological polar surface area (TPSA) is 41.0 Å². The maximum absolute atomic E-state index is 9.34. The Kier molecular flexibility index (Phi) is 3.12. The molecule has 0 saturated carbocycles. The smallest absolute Gasteiger partial charge is 0.178 e. The first kappa shape index (κ1) is 11.4. The average molecular weight is 236 g/mol. The van der Waals surface area contributed by atoms with E-state index in [9.17, 15) is 5.11 Å². The molecule has 0 bridgehead atoms. The third-order valence-corrected chi connectivity index (χ3v) is 3.50. The largest absolute Gasteiger partial charge is 0.390 e. The quantitative estimate of drug-likeness (QED) is 0.792. The molecule has 0 spiro atoms. The van der Waals surface area contributed by atoms with Gasteiger partial charge in [-0.2, -0.15) is 0 Å². The van der Waals surface area contributed by atoms with E-state index < -0.39 is 0 Å². The molecule has 2 N–H and O–H groups in total. The van der Waals surface area contributed by atoms with Gasteiger partial charge in [0, 0.05) is 6.20 Å². The first-order valence-electron chi connectivity index (χ1n) is 5.48. The van der Waals surface area contributed by atoms with Gasteiger partial charge in [-0.1, -0.05) is 31.2 Å². The summed E-state index contributed by atoms with van der Waals surface area (Å²) < 4.78 is 2.70. The van der Waals surface area contributed by atoms with Crippen molar-refractivity contribution in [3.63, 3.8) is 0 Å². The van der Waals surface area contributed by atoms with E-state index in [0.717, 1.165) is 18.5 Å². The normalized spacial score (nSPS) is 23.9. The van der Waals surface area contributed by atoms with E-state index in [2.05, 4.69) is 24.1 Å². The molecule has 4 heteroatoms. The summed E-state index contributed by atoms with van der Waals surface area (Å²) in [5, 5.41) is 9.34. The Balaban J connectivity index is 2.56. The number of imidazole rings is 1. The molecule has 0 amide bonds. The Hall–Kier alpha value is -1.13. The van der Waals surface area contributed by atoms with Crippen molar-refractivity contribution in [2.75, 3.05) is 0 Å². The number of aromatic nitrogens is 2. The van der Waals surface area contributed by atoms with Crippen LogP contribution in [0, 0.1) is 4.77 Å². The minimum absolute atomic E-state index is 0.00639. The molecule has 1 aliphatic carbocycles. The molecule has 0 unspecified atom stereocenters. The monoisotopic (exact) mass is 236 g/mol. The van der Waals surface area contributed by atoms with E-state index in [1.807, 2.05) is 16.7 Å². The third kappa shape index (κ3) is 1.68. The fraction of sp³-hybridized carbons (Fsp3) is 0.417. The van der Waals surface area contributed by atoms with Crippen LogP contribution in [0.4, 0.5) is 0 Å². The molecular weight excluding hydrogens is 220 g/mol. The number of allylic oxidation sites excluding steroid dienone is 4. The van der Waals surface area contributed by atoms with E-state index in [1.165, 1.54) is 0 Å². The lowest BCUT2D eigenvalue weighted by Gasteiger charge is -2.33. The highest BCUT2D eigenvalue weighted by molar-refractivity contribution is 7.71. The highest BCUT2D eigenvalue weighted by atomic mass is 32.1. The van der Waals surface area contributed by atoms with Crippen molar-refractivity contribution in [1.29, 1.82) is 0 Å². The van der Waals surface area contributed by atoms with Crippen LogP contribution in [-0.4, -0.2) is 14.7 Å². The standard InChI is InChI=1S/C12H16N2OS/c1-2-12(6-4-3-5-7-12)14-10(9-15)8-13-11(14)16/h3-6,8,15H,2,7,9H2,1H3,(H,13,16)/t12-/m0/s1. The lowest BCUT2D eigenvalue weighted by Crippen LogP contribution is -2.32. The summed E-state index contributed by atoms with van der Waals surface area (Å²) in [6.07, 6.45) is 12.0. The van der Waals surface area contributed by atoms with E-state index >= 15 is 0 Å². The zero-order valence-corrected chi connectivity index (χ0v) is 10.1. The predicted molar refractivity (Wildman–Crippen MR) is 66.7 cm³/mol. The van der Waals surface area contributed by atoms with Crippen molar-refractivity contribution in [3.8, 4) is 0 Å². The van der Waals surface area contributed by atoms with Crippen molar-refractivity contribution in [2.24, 2.45) is 0 Å². The zero-order valence-electron chi connectivity index (χ0n) is 9.31. The van der Waals surface area contributed by atoms with Crippen LogP contribution in [0.5, 0.6) is 0 Å². The summed E-state index contributed by atoms with van der Waals surface area (Å²) in [7, 11) is 0. The number of nitrogens with one attached hydrogen (secondary N) is 1. The molecule has 3 nitrogen and oxygen atoms in total. The fourth-order valence-electron chi connectivity index (χ4n) is 2.25. The van der Waals surface area contributed by atoms with Gasteiger partial charge in [-0.15, -0.1) is 0 Å². The number of aliphatic hydroxyl groups excluding tert-OH is 1. The fourth-order valence-corrected chi connectivity index (χ4v) is 2.61. The van der Waals surface area contributed by atoms with Gasteiger partial charge in [0.05, 0.1) is 17.8 Å². The van der Waals surface area contributed by atoms with Gasteiger partial charge in [0.25, 0.3) is 0 Å². The van der Waals surface area contributed by atoms with Crippen molar-refractivity contribution in [2.45, 2.75) is 31.9 Å². The van der Waals surface area contributed by atoms with Crippen LogP contribution in [0.15, 0.2) is 30.5 Å². The van der Waals surface area contributed by atoms with E-state index in [0.29, 0.717) is 4.77 Å². The van der Waals surface area contributed by atoms with E-state index in [-0.39, 0.29) is 12.1 Å². The Morgan fingerprint density at radius 2 is 2.38 bits per heavy atom. The summed E-state index contributed by atoms with van der Waals surface area (Å²) in [6, 6.07) is 0. The van der Waals surface area contributed by atoms with Crippen molar-refractivity contribution >= 4 is 12.2 Å². The second-order valence-electron chi connectivity index (χ2n) is 4.03. The van der Waals surface area contributed by atoms with Gasteiger partial charge in [-0.3, -0.25) is 0 Å². The number of H-pyrrole nitrogens is 1. The molecule has 2 rings (SSSR count). The van der Waals surface area contributed by atoms with Crippen LogP contribution in [0.25, 0.3) is 0 Å². The molecule has 86 valence electrons. The molecular formula is C12H16N2OS. The first-order valence-corrected chi connectivity index (χ1v) is 5.89. The Morgan fingerprint density at radius 1 is 1.56 bits per heavy atom. The second kappa shape index (κ2) is 4.39. The van der Waals surface area contributed by atoms with Crippen LogP contribution in [0.1, 0.15) is 25.5 Å². The Bertz CT molecular complexity index is 483. The second-order valence-corrected chi connectivity index (χ2v) is 4.41. The van der Waals surface area contributed by atoms with Crippen LogP contribution < -0.4 is 0 Å². The highest BCUT2D eigenvalue weighted by Gasteiger charge is 2.29. The molecule has 0 fully saturated rings. The molecule has 1 heterocycles. The number of aliphatic hydroxyl groups is 1. The number of hydrogen-bond donors (Lipinski definition) is 2. The molecule has 0 aliphatic heterocycles. The summed E-state index contributed by atoms with van der Waals surface area (Å²) in [5.74, 6) is 0. The lowest BCUT2D eigenvalue weighted by molar-refractivity contribution is 0.250. The Morgan fingerprint density at radius 3 is 2.94 bits per heavy atom. The van der Waals surface area contributed by atoms with Crippen LogP contribution in [0.2, 0.25) is 0 Å². The van der Waals surface area contributed by atoms with Crippen LogP contribution in [0.3, 0.4) is 0 Å². The van der Waals surface area contributed by atoms with Crippen molar-refractivity contribution in [1.82, 2.24) is 9.55 Å². The van der Waals surface area contributed by atoms with Gasteiger partial charge in [0.1, 0.15) is 0 Å². The number of hydrogen-bond acceptors (Lipinski definition) is 2. The molecule has 1 aromatic heterocycles. The van der Waals surface area contributed by atoms with Crippen molar-refractivity contribution in [3.05, 3.63) is 41.0 Å². The summed E-state index contributed by atoms with van der Waals surface area (Å²) in [6.45, 7) is 2.14. The maximum atomic E-state index is 9.34. The van der Waals surface area contributed by atoms with Crippen LogP contribution >= 0.6 is 12.2 Å². The molecule has 0 radical (unpaired) electrons. The van der Waals surface area contributed by atoms with Crippen LogP contribution in [-0.2, 0) is 12.1 Å². The number of nitrogens with zero attached hydrogens (tertiary/aromatic N) is 1. The summed E-state index contributed by atoms with van der Waals surface area (Å²) >= 11 is 5.30. The van der Waals surface area contributed by atoms with Crippen molar-refractivity contribution < 1.29 is 5.11 Å². The van der Waals surface area contributed by atoms with Gasteiger partial charge in [0.15, 0.2) is 4.77 Å². The predicted octanol–water partition coefficient (Wildman–Crippen LogP) is 2.66. The van der Waals surface area contributed by atoms with E-state index in [1.54, 1.807) is 6.20 Å². The highest BCUT2D eigenvalue weighted by Crippen LogP contribution is 2.32.